The fourth-order valence-corrected chi connectivity index (χ4v) is 6.55. The van der Waals surface area contributed by atoms with Crippen LogP contribution in [-0.2, 0) is 0 Å². The Labute approximate surface area is 254 Å². The number of rotatable bonds is 4. The molecule has 0 saturated heterocycles. The molecule has 0 spiro atoms. The summed E-state index contributed by atoms with van der Waals surface area (Å²) in [6, 6.07) is 41.1. The summed E-state index contributed by atoms with van der Waals surface area (Å²) in [6.45, 7) is 0. The second-order valence-electron chi connectivity index (χ2n) is 11.0. The van der Waals surface area contributed by atoms with Gasteiger partial charge < -0.3 is 9.30 Å². The van der Waals surface area contributed by atoms with Crippen LogP contribution in [0.1, 0.15) is 28.8 Å². The molecule has 6 heteroatoms. The van der Waals surface area contributed by atoms with Crippen LogP contribution in [0.3, 0.4) is 0 Å². The number of benzene rings is 4. The molecule has 1 aliphatic heterocycles. The molecule has 9 rings (SSSR count). The van der Waals surface area contributed by atoms with E-state index in [1.165, 1.54) is 16.5 Å². The van der Waals surface area contributed by atoms with E-state index in [9.17, 15) is 0 Å². The molecular formula is C38H25N5O. The zero-order chi connectivity index (χ0) is 29.0. The highest BCUT2D eigenvalue weighted by atomic mass is 16.5. The fourth-order valence-electron chi connectivity index (χ4n) is 6.55. The number of nitrogens with zero attached hydrogens (tertiary/aromatic N) is 5. The second kappa shape index (κ2) is 9.85. The van der Waals surface area contributed by atoms with Crippen LogP contribution in [0.25, 0.3) is 57.0 Å². The van der Waals surface area contributed by atoms with Crippen molar-refractivity contribution < 1.29 is 4.74 Å². The van der Waals surface area contributed by atoms with E-state index in [1.807, 2.05) is 54.6 Å². The maximum atomic E-state index is 6.99. The minimum absolute atomic E-state index is 0.0678. The van der Waals surface area contributed by atoms with Gasteiger partial charge in [0.1, 0.15) is 17.5 Å². The predicted molar refractivity (Wildman–Crippen MR) is 172 cm³/mol. The maximum Gasteiger partial charge on any atom is 0.182 e. The Bertz CT molecular complexity index is 2150. The van der Waals surface area contributed by atoms with Crippen LogP contribution in [0.4, 0.5) is 0 Å². The molecule has 2 aliphatic rings. The molecule has 44 heavy (non-hydrogen) atoms. The van der Waals surface area contributed by atoms with Gasteiger partial charge in [-0.2, -0.15) is 0 Å². The molecule has 3 aromatic heterocycles. The van der Waals surface area contributed by atoms with Crippen LogP contribution in [0.15, 0.2) is 134 Å². The SMILES string of the molecule is C1=CC2c3cccc(-c4nc(-c5ccccc5)nc(-c5ccccn5)n4)c3OC2c2c1n(-c1ccccc1)c1ccccc21. The summed E-state index contributed by atoms with van der Waals surface area (Å²) in [5.41, 5.74) is 8.23. The first kappa shape index (κ1) is 24.7. The molecule has 6 nitrogen and oxygen atoms in total. The van der Waals surface area contributed by atoms with Gasteiger partial charge in [-0.1, -0.05) is 91.0 Å². The lowest BCUT2D eigenvalue weighted by molar-refractivity contribution is 0.225. The Morgan fingerprint density at radius 2 is 1.39 bits per heavy atom. The third-order valence-corrected chi connectivity index (χ3v) is 8.49. The summed E-state index contributed by atoms with van der Waals surface area (Å²) >= 11 is 0. The number of para-hydroxylation sites is 3. The van der Waals surface area contributed by atoms with Crippen molar-refractivity contribution in [1.82, 2.24) is 24.5 Å². The minimum atomic E-state index is -0.174. The third-order valence-electron chi connectivity index (χ3n) is 8.49. The lowest BCUT2D eigenvalue weighted by atomic mass is 9.85. The van der Waals surface area contributed by atoms with E-state index in [0.717, 1.165) is 33.8 Å². The molecule has 7 aromatic rings. The first-order chi connectivity index (χ1) is 21.8. The van der Waals surface area contributed by atoms with Gasteiger partial charge >= 0.3 is 0 Å². The summed E-state index contributed by atoms with van der Waals surface area (Å²) in [4.78, 5) is 19.3. The first-order valence-electron chi connectivity index (χ1n) is 14.7. The standard InChI is InChI=1S/C38H25N5O/c1-3-12-24(13-4-1)36-40-37(42-38(41-36)30-19-9-10-23-39-30)29-18-11-17-26-27-21-22-32-33(35(27)44-34(26)29)28-16-7-8-20-31(28)43(32)25-14-5-2-6-15-25/h1-23,27,35H. The Morgan fingerprint density at radius 3 is 2.23 bits per heavy atom. The van der Waals surface area contributed by atoms with Gasteiger partial charge in [0, 0.05) is 39.9 Å². The number of hydrogen-bond acceptors (Lipinski definition) is 5. The molecule has 0 amide bonds. The zero-order valence-electron chi connectivity index (χ0n) is 23.6. The van der Waals surface area contributed by atoms with Crippen molar-refractivity contribution in [3.05, 3.63) is 150 Å². The maximum absolute atomic E-state index is 6.99. The average molecular weight is 568 g/mol. The first-order valence-corrected chi connectivity index (χ1v) is 14.7. The van der Waals surface area contributed by atoms with Gasteiger partial charge in [-0.25, -0.2) is 15.0 Å². The summed E-state index contributed by atoms with van der Waals surface area (Å²) in [6.07, 6.45) is 6.12. The summed E-state index contributed by atoms with van der Waals surface area (Å²) in [5, 5.41) is 1.20. The van der Waals surface area contributed by atoms with E-state index in [2.05, 4.69) is 88.4 Å². The fraction of sp³-hybridized carbons (Fsp3) is 0.0526. The van der Waals surface area contributed by atoms with Gasteiger partial charge in [0.25, 0.3) is 0 Å². The molecule has 2 atom stereocenters. The number of pyridine rings is 1. The summed E-state index contributed by atoms with van der Waals surface area (Å²) in [5.74, 6) is 2.56. The van der Waals surface area contributed by atoms with Crippen LogP contribution < -0.4 is 4.74 Å². The quantitative estimate of drug-likeness (QED) is 0.213. The number of fused-ring (bicyclic) bond motifs is 7. The molecular weight excluding hydrogens is 542 g/mol. The Kier molecular flexibility index (Phi) is 5.53. The van der Waals surface area contributed by atoms with Crippen molar-refractivity contribution in [2.75, 3.05) is 0 Å². The van der Waals surface area contributed by atoms with Crippen molar-refractivity contribution in [3.63, 3.8) is 0 Å². The molecule has 0 N–H and O–H groups in total. The smallest absolute Gasteiger partial charge is 0.182 e. The van der Waals surface area contributed by atoms with Gasteiger partial charge in [0.15, 0.2) is 17.5 Å². The molecule has 0 saturated carbocycles. The van der Waals surface area contributed by atoms with Crippen LogP contribution in [-0.4, -0.2) is 24.5 Å². The van der Waals surface area contributed by atoms with E-state index in [1.54, 1.807) is 6.20 Å². The van der Waals surface area contributed by atoms with Crippen LogP contribution in [0.2, 0.25) is 0 Å². The van der Waals surface area contributed by atoms with Gasteiger partial charge in [-0.05, 0) is 42.5 Å². The Morgan fingerprint density at radius 1 is 0.636 bits per heavy atom. The van der Waals surface area contributed by atoms with Gasteiger partial charge in [-0.15, -0.1) is 0 Å². The van der Waals surface area contributed by atoms with Gasteiger partial charge in [0.05, 0.1) is 16.8 Å². The topological polar surface area (TPSA) is 65.7 Å². The predicted octanol–water partition coefficient (Wildman–Crippen LogP) is 8.46. The summed E-state index contributed by atoms with van der Waals surface area (Å²) < 4.78 is 9.33. The minimum Gasteiger partial charge on any atom is -0.484 e. The largest absolute Gasteiger partial charge is 0.484 e. The van der Waals surface area contributed by atoms with Crippen molar-refractivity contribution in [1.29, 1.82) is 0 Å². The van der Waals surface area contributed by atoms with Crippen molar-refractivity contribution in [3.8, 4) is 45.7 Å². The molecule has 2 unspecified atom stereocenters. The number of aromatic nitrogens is 5. The van der Waals surface area contributed by atoms with E-state index in [-0.39, 0.29) is 12.0 Å². The second-order valence-corrected chi connectivity index (χ2v) is 11.0. The number of ether oxygens (including phenoxy) is 1. The third kappa shape index (κ3) is 3.81. The van der Waals surface area contributed by atoms with E-state index < -0.39 is 0 Å². The molecule has 0 fully saturated rings. The molecule has 0 bridgehead atoms. The van der Waals surface area contributed by atoms with Gasteiger partial charge in [-0.3, -0.25) is 4.98 Å². The van der Waals surface area contributed by atoms with E-state index >= 15 is 0 Å². The lowest BCUT2D eigenvalue weighted by Crippen LogP contribution is -2.13. The van der Waals surface area contributed by atoms with Crippen molar-refractivity contribution >= 4 is 17.0 Å². The van der Waals surface area contributed by atoms with Crippen LogP contribution >= 0.6 is 0 Å². The van der Waals surface area contributed by atoms with E-state index in [0.29, 0.717) is 23.2 Å². The lowest BCUT2D eigenvalue weighted by Gasteiger charge is -2.22. The summed E-state index contributed by atoms with van der Waals surface area (Å²) in [7, 11) is 0. The van der Waals surface area contributed by atoms with Crippen LogP contribution in [0.5, 0.6) is 5.75 Å². The van der Waals surface area contributed by atoms with Crippen molar-refractivity contribution in [2.45, 2.75) is 12.0 Å². The van der Waals surface area contributed by atoms with Gasteiger partial charge in [0.2, 0.25) is 0 Å². The highest BCUT2D eigenvalue weighted by molar-refractivity contribution is 5.92. The highest BCUT2D eigenvalue weighted by Gasteiger charge is 2.41. The molecule has 4 heterocycles. The normalized spacial score (nSPS) is 16.3. The average Bonchev–Trinajstić information content (AvgIpc) is 3.65. The zero-order valence-corrected chi connectivity index (χ0v) is 23.6. The Balaban J connectivity index is 1.21. The van der Waals surface area contributed by atoms with Crippen molar-refractivity contribution in [2.24, 2.45) is 0 Å². The molecule has 1 aliphatic carbocycles. The monoisotopic (exact) mass is 567 g/mol. The number of hydrogen-bond donors (Lipinski definition) is 0. The van der Waals surface area contributed by atoms with Crippen LogP contribution in [0, 0.1) is 0 Å². The van der Waals surface area contributed by atoms with E-state index in [4.69, 9.17) is 19.7 Å². The molecule has 208 valence electrons. The highest BCUT2D eigenvalue weighted by Crippen LogP contribution is 2.55. The molecule has 0 radical (unpaired) electrons. The molecule has 4 aromatic carbocycles. The Hall–Kier alpha value is -5.88.